The van der Waals surface area contributed by atoms with E-state index >= 15 is 0 Å². The quantitative estimate of drug-likeness (QED) is 0.861. The van der Waals surface area contributed by atoms with Crippen molar-refractivity contribution in [2.24, 2.45) is 0 Å². The Hall–Kier alpha value is -2.01. The molecule has 0 spiro atoms. The van der Waals surface area contributed by atoms with E-state index in [1.807, 2.05) is 13.0 Å². The van der Waals surface area contributed by atoms with Crippen LogP contribution in [-0.2, 0) is 0 Å². The molecule has 5 nitrogen and oxygen atoms in total. The Labute approximate surface area is 99.1 Å². The van der Waals surface area contributed by atoms with Gasteiger partial charge < -0.3 is 9.84 Å². The number of aliphatic hydroxyl groups is 1. The van der Waals surface area contributed by atoms with Gasteiger partial charge in [0.1, 0.15) is 6.10 Å². The summed E-state index contributed by atoms with van der Waals surface area (Å²) < 4.78 is 4.91. The summed E-state index contributed by atoms with van der Waals surface area (Å²) in [6.07, 6.45) is 2.53. The highest BCUT2D eigenvalue weighted by atomic mass is 16.5. The molecule has 2 aromatic heterocycles. The normalized spacial score (nSPS) is 12.2. The highest BCUT2D eigenvalue weighted by Gasteiger charge is 2.13. The van der Waals surface area contributed by atoms with E-state index in [-0.39, 0.29) is 0 Å². The maximum absolute atomic E-state index is 10.1. The van der Waals surface area contributed by atoms with Gasteiger partial charge in [-0.25, -0.2) is 0 Å². The molecular weight excluding hydrogens is 218 g/mol. The summed E-state index contributed by atoms with van der Waals surface area (Å²) in [5.41, 5.74) is 2.16. The fourth-order valence-corrected chi connectivity index (χ4v) is 1.48. The van der Waals surface area contributed by atoms with Crippen molar-refractivity contribution in [2.45, 2.75) is 13.0 Å². The van der Waals surface area contributed by atoms with Gasteiger partial charge in [-0.05, 0) is 18.6 Å². The van der Waals surface area contributed by atoms with Gasteiger partial charge in [0.15, 0.2) is 0 Å². The minimum absolute atomic E-state index is 0.420. The van der Waals surface area contributed by atoms with Crippen LogP contribution in [0.25, 0.3) is 0 Å². The summed E-state index contributed by atoms with van der Waals surface area (Å²) >= 11 is 0. The molecule has 1 atom stereocenters. The van der Waals surface area contributed by atoms with Crippen molar-refractivity contribution in [3.8, 4) is 5.88 Å². The molecule has 0 amide bonds. The fraction of sp³-hybridized carbons (Fsp3) is 0.250. The molecule has 2 heterocycles. The Kier molecular flexibility index (Phi) is 3.30. The standard InChI is InChI=1S/C12H13N3O2/c1-8-5-9(7-13-6-8)12(16)10-3-4-11(17-2)15-14-10/h3-7,12,16H,1-2H3. The molecule has 1 N–H and O–H groups in total. The second-order valence-electron chi connectivity index (χ2n) is 3.70. The molecule has 0 aliphatic heterocycles. The lowest BCUT2D eigenvalue weighted by molar-refractivity contribution is 0.213. The van der Waals surface area contributed by atoms with Crippen molar-refractivity contribution in [3.05, 3.63) is 47.4 Å². The van der Waals surface area contributed by atoms with E-state index in [1.165, 1.54) is 7.11 Å². The van der Waals surface area contributed by atoms with E-state index in [9.17, 15) is 5.11 Å². The zero-order valence-electron chi connectivity index (χ0n) is 9.66. The number of hydrogen-bond donors (Lipinski definition) is 1. The summed E-state index contributed by atoms with van der Waals surface area (Å²) in [5.74, 6) is 0.420. The SMILES string of the molecule is COc1ccc(C(O)c2cncc(C)c2)nn1. The summed E-state index contributed by atoms with van der Waals surface area (Å²) in [6, 6.07) is 5.21. The summed E-state index contributed by atoms with van der Waals surface area (Å²) in [7, 11) is 1.52. The Morgan fingerprint density at radius 2 is 2.06 bits per heavy atom. The molecule has 5 heteroatoms. The van der Waals surface area contributed by atoms with Crippen LogP contribution in [0.1, 0.15) is 22.9 Å². The van der Waals surface area contributed by atoms with Gasteiger partial charge in [-0.3, -0.25) is 4.98 Å². The van der Waals surface area contributed by atoms with Crippen molar-refractivity contribution in [3.63, 3.8) is 0 Å². The minimum Gasteiger partial charge on any atom is -0.480 e. The second kappa shape index (κ2) is 4.88. The number of hydrogen-bond acceptors (Lipinski definition) is 5. The third kappa shape index (κ3) is 2.57. The van der Waals surface area contributed by atoms with Crippen LogP contribution < -0.4 is 4.74 Å². The van der Waals surface area contributed by atoms with Gasteiger partial charge in [-0.2, -0.15) is 0 Å². The summed E-state index contributed by atoms with van der Waals surface area (Å²) in [6.45, 7) is 1.92. The number of pyridine rings is 1. The molecule has 0 aromatic carbocycles. The van der Waals surface area contributed by atoms with Crippen molar-refractivity contribution in [1.29, 1.82) is 0 Å². The van der Waals surface area contributed by atoms with E-state index < -0.39 is 6.10 Å². The Bertz CT molecular complexity index is 499. The molecule has 0 aliphatic carbocycles. The number of aryl methyl sites for hydroxylation is 1. The van der Waals surface area contributed by atoms with Crippen LogP contribution in [0.15, 0.2) is 30.6 Å². The molecule has 0 saturated carbocycles. The van der Waals surface area contributed by atoms with E-state index in [0.29, 0.717) is 17.1 Å². The molecular formula is C12H13N3O2. The molecule has 0 aliphatic rings. The first kappa shape index (κ1) is 11.5. The molecule has 2 rings (SSSR count). The Morgan fingerprint density at radius 1 is 1.24 bits per heavy atom. The Morgan fingerprint density at radius 3 is 2.65 bits per heavy atom. The van der Waals surface area contributed by atoms with Gasteiger partial charge in [0.2, 0.25) is 5.88 Å². The summed E-state index contributed by atoms with van der Waals surface area (Å²) in [4.78, 5) is 4.03. The lowest BCUT2D eigenvalue weighted by Crippen LogP contribution is -2.04. The fourth-order valence-electron chi connectivity index (χ4n) is 1.48. The lowest BCUT2D eigenvalue weighted by atomic mass is 10.1. The highest BCUT2D eigenvalue weighted by Crippen LogP contribution is 2.20. The smallest absolute Gasteiger partial charge is 0.233 e. The van der Waals surface area contributed by atoms with Gasteiger partial charge in [-0.1, -0.05) is 6.07 Å². The molecule has 0 bridgehead atoms. The second-order valence-corrected chi connectivity index (χ2v) is 3.70. The highest BCUT2D eigenvalue weighted by molar-refractivity contribution is 5.26. The van der Waals surface area contributed by atoms with Gasteiger partial charge in [0, 0.05) is 24.0 Å². The number of aromatic nitrogens is 3. The first-order chi connectivity index (χ1) is 8.20. The van der Waals surface area contributed by atoms with E-state index in [0.717, 1.165) is 5.56 Å². The van der Waals surface area contributed by atoms with Crippen LogP contribution >= 0.6 is 0 Å². The van der Waals surface area contributed by atoms with Crippen molar-refractivity contribution in [2.75, 3.05) is 7.11 Å². The molecule has 0 radical (unpaired) electrons. The minimum atomic E-state index is -0.819. The number of rotatable bonds is 3. The summed E-state index contributed by atoms with van der Waals surface area (Å²) in [5, 5.41) is 17.8. The third-order valence-electron chi connectivity index (χ3n) is 2.36. The van der Waals surface area contributed by atoms with Crippen molar-refractivity contribution < 1.29 is 9.84 Å². The lowest BCUT2D eigenvalue weighted by Gasteiger charge is -2.10. The predicted molar refractivity (Wildman–Crippen MR) is 61.6 cm³/mol. The van der Waals surface area contributed by atoms with Crippen LogP contribution in [0.2, 0.25) is 0 Å². The topological polar surface area (TPSA) is 68.1 Å². The van der Waals surface area contributed by atoms with E-state index in [4.69, 9.17) is 4.74 Å². The molecule has 0 saturated heterocycles. The van der Waals surface area contributed by atoms with Crippen molar-refractivity contribution in [1.82, 2.24) is 15.2 Å². The van der Waals surface area contributed by atoms with Gasteiger partial charge in [0.05, 0.1) is 12.8 Å². The van der Waals surface area contributed by atoms with E-state index in [1.54, 1.807) is 24.5 Å². The molecule has 17 heavy (non-hydrogen) atoms. The van der Waals surface area contributed by atoms with Gasteiger partial charge >= 0.3 is 0 Å². The maximum Gasteiger partial charge on any atom is 0.233 e. The predicted octanol–water partition coefficient (Wildman–Crippen LogP) is 1.27. The monoisotopic (exact) mass is 231 g/mol. The van der Waals surface area contributed by atoms with Crippen LogP contribution in [0, 0.1) is 6.92 Å². The molecule has 88 valence electrons. The van der Waals surface area contributed by atoms with Crippen LogP contribution in [-0.4, -0.2) is 27.4 Å². The number of methoxy groups -OCH3 is 1. The number of aliphatic hydroxyl groups excluding tert-OH is 1. The number of ether oxygens (including phenoxy) is 1. The Balaban J connectivity index is 2.27. The van der Waals surface area contributed by atoms with Crippen molar-refractivity contribution >= 4 is 0 Å². The largest absolute Gasteiger partial charge is 0.480 e. The van der Waals surface area contributed by atoms with Crippen LogP contribution in [0.4, 0.5) is 0 Å². The first-order valence-electron chi connectivity index (χ1n) is 5.18. The zero-order valence-corrected chi connectivity index (χ0v) is 9.66. The third-order valence-corrected chi connectivity index (χ3v) is 2.36. The molecule has 2 aromatic rings. The van der Waals surface area contributed by atoms with Gasteiger partial charge in [0.25, 0.3) is 0 Å². The average Bonchev–Trinajstić information content (AvgIpc) is 2.38. The zero-order chi connectivity index (χ0) is 12.3. The van der Waals surface area contributed by atoms with Crippen LogP contribution in [0.3, 0.4) is 0 Å². The van der Waals surface area contributed by atoms with E-state index in [2.05, 4.69) is 15.2 Å². The maximum atomic E-state index is 10.1. The number of nitrogens with zero attached hydrogens (tertiary/aromatic N) is 3. The van der Waals surface area contributed by atoms with Crippen LogP contribution in [0.5, 0.6) is 5.88 Å². The first-order valence-corrected chi connectivity index (χ1v) is 5.18. The average molecular weight is 231 g/mol. The molecule has 0 fully saturated rings. The molecule has 1 unspecified atom stereocenters. The van der Waals surface area contributed by atoms with Gasteiger partial charge in [-0.15, -0.1) is 10.2 Å².